The minimum Gasteiger partial charge on any atom is -0.437 e. The van der Waals surface area contributed by atoms with Gasteiger partial charge in [0.05, 0.1) is 5.69 Å². The summed E-state index contributed by atoms with van der Waals surface area (Å²) in [6, 6.07) is 7.56. The number of benzene rings is 1. The summed E-state index contributed by atoms with van der Waals surface area (Å²) in [6.07, 6.45) is 2.72. The molecule has 1 aliphatic rings. The van der Waals surface area contributed by atoms with Gasteiger partial charge in [-0.25, -0.2) is 0 Å². The average Bonchev–Trinajstić information content (AvgIpc) is 2.94. The van der Waals surface area contributed by atoms with Gasteiger partial charge >= 0.3 is 0 Å². The molecule has 0 atom stereocenters. The van der Waals surface area contributed by atoms with E-state index in [0.29, 0.717) is 24.2 Å². The molecule has 0 saturated heterocycles. The van der Waals surface area contributed by atoms with Crippen molar-refractivity contribution in [2.75, 3.05) is 0 Å². The van der Waals surface area contributed by atoms with Crippen LogP contribution < -0.4 is 4.74 Å². The molecule has 0 aliphatic heterocycles. The maximum atomic E-state index is 11.7. The molecule has 0 amide bonds. The second kappa shape index (κ2) is 6.17. The van der Waals surface area contributed by atoms with E-state index >= 15 is 0 Å². The standard InChI is InChI=1S/C18H17N3O2/c1-3-13-15(10-19)18(21-20-16(13)4-2)23-12-6-7-14-11(9-12)5-8-17(14)22/h6-7,9H,3-5,8H2,1-2H3. The molecule has 23 heavy (non-hydrogen) atoms. The number of Topliss-reactive ketones (excluding diaryl/α,β-unsaturated/α-hetero) is 1. The first-order chi connectivity index (χ1) is 11.2. The predicted octanol–water partition coefficient (Wildman–Crippen LogP) is 3.39. The van der Waals surface area contributed by atoms with E-state index < -0.39 is 0 Å². The van der Waals surface area contributed by atoms with E-state index in [9.17, 15) is 10.1 Å². The van der Waals surface area contributed by atoms with Gasteiger partial charge in [-0.2, -0.15) is 10.4 Å². The molecule has 5 nitrogen and oxygen atoms in total. The molecule has 0 saturated carbocycles. The smallest absolute Gasteiger partial charge is 0.257 e. The van der Waals surface area contributed by atoms with Gasteiger partial charge in [0.1, 0.15) is 17.4 Å². The molecule has 2 aromatic rings. The topological polar surface area (TPSA) is 75.9 Å². The van der Waals surface area contributed by atoms with Crippen LogP contribution in [0, 0.1) is 11.3 Å². The Labute approximate surface area is 134 Å². The molecule has 1 aromatic carbocycles. The third-order valence-corrected chi connectivity index (χ3v) is 4.14. The zero-order valence-electron chi connectivity index (χ0n) is 13.2. The lowest BCUT2D eigenvalue weighted by molar-refractivity contribution is 0.0994. The number of ether oxygens (including phenoxy) is 1. The van der Waals surface area contributed by atoms with Crippen molar-refractivity contribution in [3.8, 4) is 17.7 Å². The van der Waals surface area contributed by atoms with Crippen LogP contribution in [0.3, 0.4) is 0 Å². The van der Waals surface area contributed by atoms with E-state index in [2.05, 4.69) is 16.3 Å². The fourth-order valence-electron chi connectivity index (χ4n) is 2.95. The van der Waals surface area contributed by atoms with Gasteiger partial charge in [-0.15, -0.1) is 5.10 Å². The molecule has 1 heterocycles. The van der Waals surface area contributed by atoms with E-state index in [1.165, 1.54) is 0 Å². The fraction of sp³-hybridized carbons (Fsp3) is 0.333. The molecule has 0 radical (unpaired) electrons. The van der Waals surface area contributed by atoms with Crippen LogP contribution in [-0.2, 0) is 19.3 Å². The normalized spacial score (nSPS) is 12.8. The van der Waals surface area contributed by atoms with Crippen LogP contribution in [0.25, 0.3) is 0 Å². The molecule has 116 valence electrons. The number of carbonyl (C=O) groups is 1. The van der Waals surface area contributed by atoms with Crippen LogP contribution >= 0.6 is 0 Å². The highest BCUT2D eigenvalue weighted by atomic mass is 16.5. The number of carbonyl (C=O) groups excluding carboxylic acids is 1. The van der Waals surface area contributed by atoms with Crippen LogP contribution in [0.5, 0.6) is 11.6 Å². The molecular weight excluding hydrogens is 290 g/mol. The van der Waals surface area contributed by atoms with Gasteiger partial charge < -0.3 is 4.74 Å². The Bertz CT molecular complexity index is 822. The maximum absolute atomic E-state index is 11.7. The Hall–Kier alpha value is -2.74. The maximum Gasteiger partial charge on any atom is 0.257 e. The van der Waals surface area contributed by atoms with Crippen LogP contribution in [0.15, 0.2) is 18.2 Å². The molecule has 1 aliphatic carbocycles. The molecule has 5 heteroatoms. The van der Waals surface area contributed by atoms with Gasteiger partial charge in [-0.1, -0.05) is 13.8 Å². The first-order valence-corrected chi connectivity index (χ1v) is 7.80. The first-order valence-electron chi connectivity index (χ1n) is 7.80. The van der Waals surface area contributed by atoms with Gasteiger partial charge in [-0.05, 0) is 48.6 Å². The number of nitrogens with zero attached hydrogens (tertiary/aromatic N) is 3. The Balaban J connectivity index is 1.98. The third kappa shape index (κ3) is 2.68. The minimum atomic E-state index is 0.171. The number of nitriles is 1. The highest BCUT2D eigenvalue weighted by Crippen LogP contribution is 2.30. The van der Waals surface area contributed by atoms with Crippen LogP contribution in [0.1, 0.15) is 53.0 Å². The van der Waals surface area contributed by atoms with E-state index in [0.717, 1.165) is 35.2 Å². The number of aromatic nitrogens is 2. The van der Waals surface area contributed by atoms with Crippen molar-refractivity contribution < 1.29 is 9.53 Å². The number of aryl methyl sites for hydroxylation is 2. The second-order valence-corrected chi connectivity index (χ2v) is 5.47. The number of rotatable bonds is 4. The van der Waals surface area contributed by atoms with E-state index in [4.69, 9.17) is 4.74 Å². The Kier molecular flexibility index (Phi) is 4.07. The van der Waals surface area contributed by atoms with E-state index in [-0.39, 0.29) is 11.7 Å². The molecule has 0 bridgehead atoms. The number of hydrogen-bond donors (Lipinski definition) is 0. The second-order valence-electron chi connectivity index (χ2n) is 5.47. The van der Waals surface area contributed by atoms with Gasteiger partial charge in [0.2, 0.25) is 0 Å². The summed E-state index contributed by atoms with van der Waals surface area (Å²) in [4.78, 5) is 11.7. The molecule has 0 spiro atoms. The number of fused-ring (bicyclic) bond motifs is 1. The van der Waals surface area contributed by atoms with Crippen molar-refractivity contribution in [3.05, 3.63) is 46.1 Å². The van der Waals surface area contributed by atoms with E-state index in [1.807, 2.05) is 19.9 Å². The number of ketones is 1. The molecular formula is C18H17N3O2. The number of hydrogen-bond acceptors (Lipinski definition) is 5. The van der Waals surface area contributed by atoms with Crippen molar-refractivity contribution in [1.82, 2.24) is 10.2 Å². The van der Waals surface area contributed by atoms with Crippen molar-refractivity contribution in [3.63, 3.8) is 0 Å². The molecule has 0 unspecified atom stereocenters. The quantitative estimate of drug-likeness (QED) is 0.865. The van der Waals surface area contributed by atoms with Crippen LogP contribution in [0.4, 0.5) is 0 Å². The van der Waals surface area contributed by atoms with Gasteiger partial charge in [0.15, 0.2) is 5.78 Å². The van der Waals surface area contributed by atoms with Crippen molar-refractivity contribution in [1.29, 1.82) is 5.26 Å². The third-order valence-electron chi connectivity index (χ3n) is 4.14. The molecule has 0 fully saturated rings. The van der Waals surface area contributed by atoms with Crippen molar-refractivity contribution in [2.24, 2.45) is 0 Å². The lowest BCUT2D eigenvalue weighted by Gasteiger charge is -2.11. The van der Waals surface area contributed by atoms with Gasteiger partial charge in [0.25, 0.3) is 5.88 Å². The molecule has 1 aromatic heterocycles. The van der Waals surface area contributed by atoms with Crippen LogP contribution in [-0.4, -0.2) is 16.0 Å². The summed E-state index contributed by atoms with van der Waals surface area (Å²) < 4.78 is 5.80. The van der Waals surface area contributed by atoms with Gasteiger partial charge in [-0.3, -0.25) is 4.79 Å². The lowest BCUT2D eigenvalue weighted by Crippen LogP contribution is -2.05. The van der Waals surface area contributed by atoms with Crippen LogP contribution in [0.2, 0.25) is 0 Å². The summed E-state index contributed by atoms with van der Waals surface area (Å²) in [5, 5.41) is 17.7. The highest BCUT2D eigenvalue weighted by molar-refractivity contribution is 6.00. The van der Waals surface area contributed by atoms with Crippen molar-refractivity contribution >= 4 is 5.78 Å². The summed E-state index contributed by atoms with van der Waals surface area (Å²) >= 11 is 0. The predicted molar refractivity (Wildman–Crippen MR) is 84.7 cm³/mol. The SMILES string of the molecule is CCc1nnc(Oc2ccc3c(c2)CCC3=O)c(C#N)c1CC. The average molecular weight is 307 g/mol. The fourth-order valence-corrected chi connectivity index (χ4v) is 2.95. The Morgan fingerprint density at radius 2 is 2.04 bits per heavy atom. The Morgan fingerprint density at radius 3 is 2.74 bits per heavy atom. The molecule has 3 rings (SSSR count). The lowest BCUT2D eigenvalue weighted by atomic mass is 10.0. The zero-order chi connectivity index (χ0) is 16.4. The van der Waals surface area contributed by atoms with Crippen molar-refractivity contribution in [2.45, 2.75) is 39.5 Å². The summed E-state index contributed by atoms with van der Waals surface area (Å²) in [7, 11) is 0. The van der Waals surface area contributed by atoms with Gasteiger partial charge in [0, 0.05) is 12.0 Å². The highest BCUT2D eigenvalue weighted by Gasteiger charge is 2.21. The zero-order valence-corrected chi connectivity index (χ0v) is 13.2. The largest absolute Gasteiger partial charge is 0.437 e. The summed E-state index contributed by atoms with van der Waals surface area (Å²) in [6.45, 7) is 3.98. The first kappa shape index (κ1) is 15.2. The Morgan fingerprint density at radius 1 is 1.22 bits per heavy atom. The summed E-state index contributed by atoms with van der Waals surface area (Å²) in [5.74, 6) is 0.978. The monoisotopic (exact) mass is 307 g/mol. The minimum absolute atomic E-state index is 0.171. The summed E-state index contributed by atoms with van der Waals surface area (Å²) in [5.41, 5.74) is 3.91. The van der Waals surface area contributed by atoms with E-state index in [1.54, 1.807) is 12.1 Å². The molecule has 0 N–H and O–H groups in total.